The summed E-state index contributed by atoms with van der Waals surface area (Å²) in [4.78, 5) is 18.7. The van der Waals surface area contributed by atoms with Crippen molar-refractivity contribution in [3.05, 3.63) is 16.1 Å². The van der Waals surface area contributed by atoms with Crippen LogP contribution in [0, 0.1) is 11.8 Å². The van der Waals surface area contributed by atoms with Crippen LogP contribution in [-0.4, -0.2) is 35.4 Å². The Bertz CT molecular complexity index is 430. The van der Waals surface area contributed by atoms with Gasteiger partial charge in [-0.15, -0.1) is 11.3 Å². The van der Waals surface area contributed by atoms with Gasteiger partial charge in [0, 0.05) is 24.9 Å². The number of hydrogen-bond donors (Lipinski definition) is 1. The monoisotopic (exact) mass is 281 g/mol. The zero-order chi connectivity index (χ0) is 13.8. The van der Waals surface area contributed by atoms with Crippen molar-refractivity contribution in [3.63, 3.8) is 0 Å². The van der Waals surface area contributed by atoms with Crippen molar-refractivity contribution < 1.29 is 4.79 Å². The van der Waals surface area contributed by atoms with Crippen molar-refractivity contribution in [2.45, 2.75) is 33.1 Å². The van der Waals surface area contributed by atoms with Crippen molar-refractivity contribution in [1.82, 2.24) is 9.88 Å². The summed E-state index contributed by atoms with van der Waals surface area (Å²) in [5.74, 6) is 1.45. The number of nitrogens with two attached hydrogens (primary N) is 1. The van der Waals surface area contributed by atoms with Gasteiger partial charge in [0.15, 0.2) is 0 Å². The number of likely N-dealkylation sites (tertiary alicyclic amines) is 1. The molecule has 0 radical (unpaired) electrons. The van der Waals surface area contributed by atoms with Crippen LogP contribution >= 0.6 is 11.3 Å². The van der Waals surface area contributed by atoms with Crippen LogP contribution in [0.15, 0.2) is 5.38 Å². The molecule has 4 nitrogen and oxygen atoms in total. The molecule has 0 aliphatic carbocycles. The Morgan fingerprint density at radius 1 is 1.63 bits per heavy atom. The van der Waals surface area contributed by atoms with Gasteiger partial charge in [0.1, 0.15) is 5.69 Å². The Morgan fingerprint density at radius 2 is 2.42 bits per heavy atom. The largest absolute Gasteiger partial charge is 0.337 e. The van der Waals surface area contributed by atoms with Crippen LogP contribution < -0.4 is 5.73 Å². The van der Waals surface area contributed by atoms with Gasteiger partial charge in [0.2, 0.25) is 0 Å². The summed E-state index contributed by atoms with van der Waals surface area (Å²) in [6, 6.07) is 0. The maximum absolute atomic E-state index is 12.3. The molecule has 2 heterocycles. The highest BCUT2D eigenvalue weighted by molar-refractivity contribution is 7.09. The minimum absolute atomic E-state index is 0.0887. The molecule has 0 saturated carbocycles. The van der Waals surface area contributed by atoms with E-state index in [4.69, 9.17) is 5.73 Å². The molecule has 2 rings (SSSR count). The highest BCUT2D eigenvalue weighted by atomic mass is 32.1. The molecule has 1 fully saturated rings. The van der Waals surface area contributed by atoms with E-state index in [1.54, 1.807) is 0 Å². The number of rotatable bonds is 5. The molecule has 0 aromatic carbocycles. The number of aromatic nitrogens is 1. The normalized spacial score (nSPS) is 19.4. The number of carbonyl (C=O) groups excluding carboxylic acids is 1. The smallest absolute Gasteiger partial charge is 0.273 e. The summed E-state index contributed by atoms with van der Waals surface area (Å²) in [5, 5.41) is 2.83. The first-order valence-electron chi connectivity index (χ1n) is 7.04. The Labute approximate surface area is 119 Å². The van der Waals surface area contributed by atoms with Crippen LogP contribution in [0.3, 0.4) is 0 Å². The third kappa shape index (κ3) is 3.76. The zero-order valence-corrected chi connectivity index (χ0v) is 12.6. The third-order valence-corrected chi connectivity index (χ3v) is 4.42. The minimum atomic E-state index is 0.0887. The molecule has 19 heavy (non-hydrogen) atoms. The van der Waals surface area contributed by atoms with Gasteiger partial charge >= 0.3 is 0 Å². The predicted octanol–water partition coefficient (Wildman–Crippen LogP) is 2.15. The number of carbonyl (C=O) groups is 1. The second kappa shape index (κ2) is 6.48. The standard InChI is InChI=1S/C14H23N3OS/c1-10(2)7-11-4-6-17(8-11)14(18)12-9-19-13(16-12)3-5-15/h9-11H,3-8,15H2,1-2H3. The zero-order valence-electron chi connectivity index (χ0n) is 11.8. The van der Waals surface area contributed by atoms with Gasteiger partial charge in [-0.3, -0.25) is 4.79 Å². The summed E-state index contributed by atoms with van der Waals surface area (Å²) in [6.07, 6.45) is 3.09. The number of hydrogen-bond acceptors (Lipinski definition) is 4. The lowest BCUT2D eigenvalue weighted by Crippen LogP contribution is -2.29. The highest BCUT2D eigenvalue weighted by Gasteiger charge is 2.28. The fourth-order valence-electron chi connectivity index (χ4n) is 2.69. The van der Waals surface area contributed by atoms with Crippen molar-refractivity contribution in [2.24, 2.45) is 17.6 Å². The van der Waals surface area contributed by atoms with E-state index in [9.17, 15) is 4.79 Å². The van der Waals surface area contributed by atoms with E-state index in [0.29, 0.717) is 24.1 Å². The summed E-state index contributed by atoms with van der Waals surface area (Å²) < 4.78 is 0. The first kappa shape index (κ1) is 14.5. The first-order chi connectivity index (χ1) is 9.10. The second-order valence-corrected chi connectivity index (χ2v) is 6.64. The fraction of sp³-hybridized carbons (Fsp3) is 0.714. The Hall–Kier alpha value is -0.940. The molecular formula is C14H23N3OS. The highest BCUT2D eigenvalue weighted by Crippen LogP contribution is 2.24. The molecule has 1 amide bonds. The van der Waals surface area contributed by atoms with E-state index in [1.807, 2.05) is 10.3 Å². The molecule has 5 heteroatoms. The lowest BCUT2D eigenvalue weighted by atomic mass is 9.97. The molecule has 1 unspecified atom stereocenters. The predicted molar refractivity (Wildman–Crippen MR) is 78.3 cm³/mol. The molecule has 1 aromatic rings. The first-order valence-corrected chi connectivity index (χ1v) is 7.92. The molecular weight excluding hydrogens is 258 g/mol. The average molecular weight is 281 g/mol. The summed E-state index contributed by atoms with van der Waals surface area (Å²) in [6.45, 7) is 6.83. The molecule has 0 bridgehead atoms. The van der Waals surface area contributed by atoms with Gasteiger partial charge in [0.25, 0.3) is 5.91 Å². The third-order valence-electron chi connectivity index (χ3n) is 3.51. The maximum atomic E-state index is 12.3. The van der Waals surface area contributed by atoms with E-state index in [-0.39, 0.29) is 5.91 Å². The van der Waals surface area contributed by atoms with Crippen molar-refractivity contribution >= 4 is 17.2 Å². The van der Waals surface area contributed by atoms with E-state index in [1.165, 1.54) is 17.8 Å². The maximum Gasteiger partial charge on any atom is 0.273 e. The quantitative estimate of drug-likeness (QED) is 0.899. The molecule has 1 atom stereocenters. The minimum Gasteiger partial charge on any atom is -0.337 e. The second-order valence-electron chi connectivity index (χ2n) is 5.70. The molecule has 1 saturated heterocycles. The van der Waals surface area contributed by atoms with Gasteiger partial charge in [-0.05, 0) is 31.2 Å². The van der Waals surface area contributed by atoms with Gasteiger partial charge in [-0.1, -0.05) is 13.8 Å². The summed E-state index contributed by atoms with van der Waals surface area (Å²) in [5.41, 5.74) is 6.10. The van der Waals surface area contributed by atoms with Gasteiger partial charge in [-0.25, -0.2) is 4.98 Å². The SMILES string of the molecule is CC(C)CC1CCN(C(=O)c2csc(CCN)n2)C1. The van der Waals surface area contributed by atoms with Crippen LogP contribution in [0.2, 0.25) is 0 Å². The van der Waals surface area contributed by atoms with E-state index >= 15 is 0 Å². The summed E-state index contributed by atoms with van der Waals surface area (Å²) >= 11 is 1.53. The van der Waals surface area contributed by atoms with E-state index < -0.39 is 0 Å². The van der Waals surface area contributed by atoms with E-state index in [0.717, 1.165) is 30.9 Å². The Kier molecular flexibility index (Phi) is 4.93. The average Bonchev–Trinajstić information content (AvgIpc) is 2.97. The summed E-state index contributed by atoms with van der Waals surface area (Å²) in [7, 11) is 0. The Balaban J connectivity index is 1.93. The van der Waals surface area contributed by atoms with Crippen molar-refractivity contribution in [3.8, 4) is 0 Å². The lowest BCUT2D eigenvalue weighted by Gasteiger charge is -2.16. The topological polar surface area (TPSA) is 59.2 Å². The molecule has 106 valence electrons. The van der Waals surface area contributed by atoms with E-state index in [2.05, 4.69) is 18.8 Å². The molecule has 0 spiro atoms. The lowest BCUT2D eigenvalue weighted by molar-refractivity contribution is 0.0780. The van der Waals surface area contributed by atoms with Gasteiger partial charge in [-0.2, -0.15) is 0 Å². The van der Waals surface area contributed by atoms with Gasteiger partial charge in [0.05, 0.1) is 5.01 Å². The van der Waals surface area contributed by atoms with Crippen LogP contribution in [0.4, 0.5) is 0 Å². The van der Waals surface area contributed by atoms with Gasteiger partial charge < -0.3 is 10.6 Å². The van der Waals surface area contributed by atoms with Crippen LogP contribution in [0.25, 0.3) is 0 Å². The van der Waals surface area contributed by atoms with Crippen LogP contribution in [0.5, 0.6) is 0 Å². The van der Waals surface area contributed by atoms with Crippen molar-refractivity contribution in [2.75, 3.05) is 19.6 Å². The Morgan fingerprint density at radius 3 is 3.11 bits per heavy atom. The molecule has 1 aromatic heterocycles. The van der Waals surface area contributed by atoms with Crippen LogP contribution in [0.1, 0.15) is 42.2 Å². The number of thiazole rings is 1. The van der Waals surface area contributed by atoms with Crippen LogP contribution in [-0.2, 0) is 6.42 Å². The number of amides is 1. The number of nitrogens with zero attached hydrogens (tertiary/aromatic N) is 2. The molecule has 1 aliphatic heterocycles. The van der Waals surface area contributed by atoms with Crippen molar-refractivity contribution in [1.29, 1.82) is 0 Å². The molecule has 1 aliphatic rings. The molecule has 2 N–H and O–H groups in total. The fourth-order valence-corrected chi connectivity index (χ4v) is 3.47.